The van der Waals surface area contributed by atoms with Crippen LogP contribution in [0.3, 0.4) is 0 Å². The lowest BCUT2D eigenvalue weighted by Gasteiger charge is -2.27. The standard InChI is InChI=1S/C20H27N7O4S2/c28-19(14-32-20-22-23-24-27(20)15-3-4-15)21-17-13-16(5-6-18(17)25-7-1-2-8-25)33(29,30)26-9-11-31-12-10-26/h5-6,13,15H,1-4,7-12,14H2,(H,21,28). The third-order valence-corrected chi connectivity index (χ3v) is 8.81. The topological polar surface area (TPSA) is 123 Å². The van der Waals surface area contributed by atoms with Crippen molar-refractivity contribution in [2.75, 3.05) is 55.4 Å². The van der Waals surface area contributed by atoms with Crippen molar-refractivity contribution in [2.24, 2.45) is 0 Å². The number of carbonyl (C=O) groups excluding carboxylic acids is 1. The van der Waals surface area contributed by atoms with Crippen molar-refractivity contribution in [3.8, 4) is 0 Å². The van der Waals surface area contributed by atoms with Crippen molar-refractivity contribution in [3.63, 3.8) is 0 Å². The number of aromatic nitrogens is 4. The molecule has 0 atom stereocenters. The molecule has 13 heteroatoms. The van der Waals surface area contributed by atoms with Crippen LogP contribution in [0.15, 0.2) is 28.3 Å². The van der Waals surface area contributed by atoms with Crippen molar-refractivity contribution in [1.82, 2.24) is 24.5 Å². The van der Waals surface area contributed by atoms with Crippen LogP contribution >= 0.6 is 11.8 Å². The van der Waals surface area contributed by atoms with E-state index < -0.39 is 10.0 Å². The van der Waals surface area contributed by atoms with Gasteiger partial charge in [-0.25, -0.2) is 13.1 Å². The fourth-order valence-electron chi connectivity index (χ4n) is 4.09. The molecule has 3 fully saturated rings. The number of hydrogen-bond acceptors (Lipinski definition) is 9. The maximum absolute atomic E-state index is 13.2. The Morgan fingerprint density at radius 2 is 1.91 bits per heavy atom. The first-order chi connectivity index (χ1) is 16.0. The summed E-state index contributed by atoms with van der Waals surface area (Å²) in [7, 11) is -3.67. The normalized spacial score (nSPS) is 19.7. The van der Waals surface area contributed by atoms with Gasteiger partial charge in [0.15, 0.2) is 0 Å². The highest BCUT2D eigenvalue weighted by Crippen LogP contribution is 2.36. The summed E-state index contributed by atoms with van der Waals surface area (Å²) in [6, 6.07) is 5.34. The summed E-state index contributed by atoms with van der Waals surface area (Å²) in [5.41, 5.74) is 1.35. The highest BCUT2D eigenvalue weighted by Gasteiger charge is 2.29. The fraction of sp³-hybridized carbons (Fsp3) is 0.600. The van der Waals surface area contributed by atoms with E-state index in [1.54, 1.807) is 22.9 Å². The number of nitrogens with zero attached hydrogens (tertiary/aromatic N) is 6. The van der Waals surface area contributed by atoms with Crippen molar-refractivity contribution < 1.29 is 17.9 Å². The molecule has 0 spiro atoms. The van der Waals surface area contributed by atoms with Crippen LogP contribution in [0.25, 0.3) is 0 Å². The molecule has 2 aromatic rings. The number of thioether (sulfide) groups is 1. The lowest BCUT2D eigenvalue weighted by molar-refractivity contribution is -0.113. The lowest BCUT2D eigenvalue weighted by Crippen LogP contribution is -2.40. The summed E-state index contributed by atoms with van der Waals surface area (Å²) >= 11 is 1.28. The van der Waals surface area contributed by atoms with E-state index in [-0.39, 0.29) is 16.6 Å². The van der Waals surface area contributed by atoms with Gasteiger partial charge in [-0.15, -0.1) is 5.10 Å². The summed E-state index contributed by atoms with van der Waals surface area (Å²) in [5.74, 6) is -0.0980. The number of anilines is 2. The predicted octanol–water partition coefficient (Wildman–Crippen LogP) is 1.36. The Bertz CT molecular complexity index is 1110. The van der Waals surface area contributed by atoms with E-state index in [0.717, 1.165) is 44.5 Å². The third kappa shape index (κ3) is 5.00. The average Bonchev–Trinajstić information content (AvgIpc) is 3.32. The van der Waals surface area contributed by atoms with Gasteiger partial charge in [0.2, 0.25) is 21.1 Å². The zero-order chi connectivity index (χ0) is 22.8. The Morgan fingerprint density at radius 1 is 1.15 bits per heavy atom. The molecule has 1 aliphatic carbocycles. The maximum atomic E-state index is 13.2. The molecule has 5 rings (SSSR count). The number of tetrazole rings is 1. The first-order valence-electron chi connectivity index (χ1n) is 11.2. The first-order valence-corrected chi connectivity index (χ1v) is 13.6. The van der Waals surface area contributed by atoms with E-state index in [9.17, 15) is 13.2 Å². The number of carbonyl (C=O) groups is 1. The number of ether oxygens (including phenoxy) is 1. The fourth-order valence-corrected chi connectivity index (χ4v) is 6.27. The van der Waals surface area contributed by atoms with Gasteiger partial charge in [-0.05, 0) is 54.3 Å². The van der Waals surface area contributed by atoms with Gasteiger partial charge in [-0.3, -0.25) is 4.79 Å². The molecule has 1 aromatic heterocycles. The third-order valence-electron chi connectivity index (χ3n) is 5.98. The Kier molecular flexibility index (Phi) is 6.54. The SMILES string of the molecule is O=C(CSc1nnnn1C1CC1)Nc1cc(S(=O)(=O)N2CCOCC2)ccc1N1CCCC1. The highest BCUT2D eigenvalue weighted by molar-refractivity contribution is 7.99. The van der Waals surface area contributed by atoms with E-state index in [2.05, 4.69) is 25.7 Å². The van der Waals surface area contributed by atoms with Crippen LogP contribution in [0.2, 0.25) is 0 Å². The van der Waals surface area contributed by atoms with Gasteiger partial charge in [-0.2, -0.15) is 4.31 Å². The molecule has 2 saturated heterocycles. The minimum atomic E-state index is -3.67. The number of benzene rings is 1. The van der Waals surface area contributed by atoms with Crippen molar-refractivity contribution in [1.29, 1.82) is 0 Å². The van der Waals surface area contributed by atoms with E-state index in [0.29, 0.717) is 43.2 Å². The second kappa shape index (κ2) is 9.57. The predicted molar refractivity (Wildman–Crippen MR) is 123 cm³/mol. The molecule has 1 amide bonds. The summed E-state index contributed by atoms with van der Waals surface area (Å²) in [4.78, 5) is 15.2. The average molecular weight is 494 g/mol. The Balaban J connectivity index is 1.35. The molecule has 3 aliphatic rings. The summed E-state index contributed by atoms with van der Waals surface area (Å²) in [6.45, 7) is 3.17. The van der Waals surface area contributed by atoms with Crippen LogP contribution < -0.4 is 10.2 Å². The summed E-state index contributed by atoms with van der Waals surface area (Å²) in [5, 5.41) is 15.3. The number of nitrogens with one attached hydrogen (secondary N) is 1. The van der Waals surface area contributed by atoms with Gasteiger partial charge < -0.3 is 15.0 Å². The van der Waals surface area contributed by atoms with Crippen LogP contribution in [0.1, 0.15) is 31.7 Å². The molecular formula is C20H27N7O4S2. The van der Waals surface area contributed by atoms with Crippen LogP contribution in [0.4, 0.5) is 11.4 Å². The molecule has 1 N–H and O–H groups in total. The van der Waals surface area contributed by atoms with Crippen molar-refractivity contribution in [2.45, 2.75) is 41.8 Å². The minimum absolute atomic E-state index is 0.132. The largest absolute Gasteiger partial charge is 0.379 e. The molecule has 0 unspecified atom stereocenters. The number of rotatable bonds is 8. The van der Waals surface area contributed by atoms with E-state index in [4.69, 9.17) is 4.74 Å². The lowest BCUT2D eigenvalue weighted by atomic mass is 10.2. The second-order valence-corrected chi connectivity index (χ2v) is 11.2. The van der Waals surface area contributed by atoms with Gasteiger partial charge in [-0.1, -0.05) is 11.8 Å². The monoisotopic (exact) mass is 493 g/mol. The molecular weight excluding hydrogens is 466 g/mol. The Hall–Kier alpha value is -2.22. The molecule has 2 aliphatic heterocycles. The molecule has 33 heavy (non-hydrogen) atoms. The van der Waals surface area contributed by atoms with E-state index in [1.165, 1.54) is 16.1 Å². The Labute approximate surface area is 196 Å². The zero-order valence-electron chi connectivity index (χ0n) is 18.2. The van der Waals surface area contributed by atoms with Gasteiger partial charge in [0.05, 0.1) is 41.3 Å². The zero-order valence-corrected chi connectivity index (χ0v) is 19.9. The minimum Gasteiger partial charge on any atom is -0.379 e. The van der Waals surface area contributed by atoms with Crippen molar-refractivity contribution in [3.05, 3.63) is 18.2 Å². The molecule has 1 saturated carbocycles. The molecule has 0 radical (unpaired) electrons. The van der Waals surface area contributed by atoms with Gasteiger partial charge in [0.1, 0.15) is 0 Å². The molecule has 11 nitrogen and oxygen atoms in total. The molecule has 3 heterocycles. The van der Waals surface area contributed by atoms with Crippen LogP contribution in [-0.2, 0) is 19.6 Å². The summed E-state index contributed by atoms with van der Waals surface area (Å²) < 4.78 is 34.8. The van der Waals surface area contributed by atoms with Gasteiger partial charge in [0.25, 0.3) is 0 Å². The number of amides is 1. The number of morpholine rings is 1. The van der Waals surface area contributed by atoms with Crippen LogP contribution in [0, 0.1) is 0 Å². The molecule has 0 bridgehead atoms. The molecule has 1 aromatic carbocycles. The van der Waals surface area contributed by atoms with Gasteiger partial charge >= 0.3 is 0 Å². The Morgan fingerprint density at radius 3 is 2.64 bits per heavy atom. The van der Waals surface area contributed by atoms with Gasteiger partial charge in [0, 0.05) is 26.2 Å². The second-order valence-electron chi connectivity index (χ2n) is 8.36. The first kappa shape index (κ1) is 22.6. The van der Waals surface area contributed by atoms with Crippen molar-refractivity contribution >= 4 is 39.1 Å². The number of hydrogen-bond donors (Lipinski definition) is 1. The maximum Gasteiger partial charge on any atom is 0.243 e. The smallest absolute Gasteiger partial charge is 0.243 e. The number of sulfonamides is 1. The van der Waals surface area contributed by atoms with E-state index in [1.807, 2.05) is 0 Å². The van der Waals surface area contributed by atoms with Crippen LogP contribution in [0.5, 0.6) is 0 Å². The van der Waals surface area contributed by atoms with E-state index >= 15 is 0 Å². The van der Waals surface area contributed by atoms with Crippen LogP contribution in [-0.4, -0.2) is 84.0 Å². The molecule has 178 valence electrons. The summed E-state index contributed by atoms with van der Waals surface area (Å²) in [6.07, 6.45) is 4.24. The quantitative estimate of drug-likeness (QED) is 0.543. The highest BCUT2D eigenvalue weighted by atomic mass is 32.2.